The first-order chi connectivity index (χ1) is 10.3. The average molecular weight is 300 g/mol. The standard InChI is InChI=1S/C16H20N4S/c21-16-18-17-15(12-5-2-1-3-6-12)20(16)14-8-10-19-9-4-7-13(19)11-14/h1-3,5-6,13-14H,4,7-11H2,(H,18,21). The van der Waals surface area contributed by atoms with Crippen LogP contribution in [-0.4, -0.2) is 38.8 Å². The van der Waals surface area contributed by atoms with Gasteiger partial charge in [0.1, 0.15) is 0 Å². The molecule has 2 aliphatic rings. The summed E-state index contributed by atoms with van der Waals surface area (Å²) in [5.74, 6) is 0.983. The molecule has 2 aromatic rings. The van der Waals surface area contributed by atoms with Gasteiger partial charge in [-0.25, -0.2) is 0 Å². The zero-order valence-electron chi connectivity index (χ0n) is 12.0. The maximum Gasteiger partial charge on any atom is 0.195 e. The van der Waals surface area contributed by atoms with Gasteiger partial charge in [0.05, 0.1) is 0 Å². The molecular formula is C16H20N4S. The highest BCUT2D eigenvalue weighted by Gasteiger charge is 2.33. The lowest BCUT2D eigenvalue weighted by atomic mass is 9.97. The number of aromatic nitrogens is 3. The predicted molar refractivity (Wildman–Crippen MR) is 85.7 cm³/mol. The number of aromatic amines is 1. The Balaban J connectivity index is 1.69. The van der Waals surface area contributed by atoms with Gasteiger partial charge < -0.3 is 4.90 Å². The predicted octanol–water partition coefficient (Wildman–Crippen LogP) is 3.41. The quantitative estimate of drug-likeness (QED) is 0.864. The summed E-state index contributed by atoms with van der Waals surface area (Å²) in [6.07, 6.45) is 5.06. The highest BCUT2D eigenvalue weighted by molar-refractivity contribution is 7.71. The van der Waals surface area contributed by atoms with Gasteiger partial charge in [0, 0.05) is 24.2 Å². The van der Waals surface area contributed by atoms with E-state index < -0.39 is 0 Å². The van der Waals surface area contributed by atoms with Crippen molar-refractivity contribution in [3.05, 3.63) is 35.1 Å². The lowest BCUT2D eigenvalue weighted by Crippen LogP contribution is -2.38. The number of hydrogen-bond acceptors (Lipinski definition) is 3. The van der Waals surface area contributed by atoms with Gasteiger partial charge in [0.15, 0.2) is 10.6 Å². The van der Waals surface area contributed by atoms with Crippen LogP contribution in [0, 0.1) is 4.77 Å². The van der Waals surface area contributed by atoms with Crippen LogP contribution in [0.2, 0.25) is 0 Å². The van der Waals surface area contributed by atoms with E-state index in [1.807, 2.05) is 6.07 Å². The fourth-order valence-electron chi connectivity index (χ4n) is 3.87. The smallest absolute Gasteiger partial charge is 0.195 e. The van der Waals surface area contributed by atoms with Crippen LogP contribution in [0.25, 0.3) is 11.4 Å². The third kappa shape index (κ3) is 2.34. The van der Waals surface area contributed by atoms with E-state index in [2.05, 4.69) is 43.9 Å². The number of hydrogen-bond donors (Lipinski definition) is 1. The first-order valence-electron chi connectivity index (χ1n) is 7.79. The fraction of sp³-hybridized carbons (Fsp3) is 0.500. The number of rotatable bonds is 2. The van der Waals surface area contributed by atoms with Crippen molar-refractivity contribution >= 4 is 12.2 Å². The van der Waals surface area contributed by atoms with Crippen molar-refractivity contribution in [2.24, 2.45) is 0 Å². The van der Waals surface area contributed by atoms with Crippen LogP contribution in [0.3, 0.4) is 0 Å². The summed E-state index contributed by atoms with van der Waals surface area (Å²) in [5, 5.41) is 7.47. The second kappa shape index (κ2) is 5.39. The van der Waals surface area contributed by atoms with E-state index in [9.17, 15) is 0 Å². The van der Waals surface area contributed by atoms with Crippen LogP contribution < -0.4 is 0 Å². The third-order valence-corrected chi connectivity index (χ3v) is 5.18. The van der Waals surface area contributed by atoms with Crippen LogP contribution in [0.5, 0.6) is 0 Å². The largest absolute Gasteiger partial charge is 0.300 e. The molecule has 5 heteroatoms. The second-order valence-electron chi connectivity index (χ2n) is 6.10. The molecule has 3 heterocycles. The van der Waals surface area contributed by atoms with Gasteiger partial charge in [-0.3, -0.25) is 9.67 Å². The molecular weight excluding hydrogens is 280 g/mol. The number of H-pyrrole nitrogens is 1. The van der Waals surface area contributed by atoms with Crippen LogP contribution in [0.15, 0.2) is 30.3 Å². The Morgan fingerprint density at radius 2 is 1.95 bits per heavy atom. The molecule has 4 rings (SSSR count). The molecule has 1 N–H and O–H groups in total. The highest BCUT2D eigenvalue weighted by Crippen LogP contribution is 2.35. The summed E-state index contributed by atoms with van der Waals surface area (Å²) in [6.45, 7) is 2.47. The van der Waals surface area contributed by atoms with Crippen molar-refractivity contribution in [2.45, 2.75) is 37.8 Å². The van der Waals surface area contributed by atoms with E-state index >= 15 is 0 Å². The van der Waals surface area contributed by atoms with E-state index in [4.69, 9.17) is 12.2 Å². The lowest BCUT2D eigenvalue weighted by molar-refractivity contribution is 0.155. The van der Waals surface area contributed by atoms with Gasteiger partial charge in [0.25, 0.3) is 0 Å². The number of piperidine rings is 1. The Hall–Kier alpha value is -1.46. The molecule has 1 aromatic carbocycles. The molecule has 21 heavy (non-hydrogen) atoms. The molecule has 2 atom stereocenters. The molecule has 0 radical (unpaired) electrons. The lowest BCUT2D eigenvalue weighted by Gasteiger charge is -2.35. The molecule has 0 saturated carbocycles. The topological polar surface area (TPSA) is 36.9 Å². The van der Waals surface area contributed by atoms with Gasteiger partial charge in [-0.1, -0.05) is 30.3 Å². The molecule has 4 nitrogen and oxygen atoms in total. The molecule has 2 saturated heterocycles. The minimum absolute atomic E-state index is 0.478. The Kier molecular flexibility index (Phi) is 3.39. The number of benzene rings is 1. The molecule has 2 aliphatic heterocycles. The molecule has 0 bridgehead atoms. The van der Waals surface area contributed by atoms with Crippen molar-refractivity contribution in [3.63, 3.8) is 0 Å². The first kappa shape index (κ1) is 13.2. The maximum atomic E-state index is 5.50. The van der Waals surface area contributed by atoms with Crippen LogP contribution >= 0.6 is 12.2 Å². The van der Waals surface area contributed by atoms with Crippen molar-refractivity contribution in [3.8, 4) is 11.4 Å². The minimum Gasteiger partial charge on any atom is -0.300 e. The van der Waals surface area contributed by atoms with Crippen molar-refractivity contribution in [1.82, 2.24) is 19.7 Å². The molecule has 0 amide bonds. The summed E-state index contributed by atoms with van der Waals surface area (Å²) < 4.78 is 3.01. The Bertz CT molecular complexity index is 675. The van der Waals surface area contributed by atoms with Gasteiger partial charge >= 0.3 is 0 Å². The van der Waals surface area contributed by atoms with Crippen molar-refractivity contribution < 1.29 is 0 Å². The Morgan fingerprint density at radius 3 is 2.81 bits per heavy atom. The summed E-state index contributed by atoms with van der Waals surface area (Å²) in [6, 6.07) is 11.6. The van der Waals surface area contributed by atoms with E-state index in [-0.39, 0.29) is 0 Å². The molecule has 2 unspecified atom stereocenters. The molecule has 0 aliphatic carbocycles. The highest BCUT2D eigenvalue weighted by atomic mass is 32.1. The first-order valence-corrected chi connectivity index (χ1v) is 8.20. The van der Waals surface area contributed by atoms with E-state index in [1.54, 1.807) is 0 Å². The van der Waals surface area contributed by atoms with Gasteiger partial charge in [-0.15, -0.1) is 0 Å². The SMILES string of the molecule is S=c1[nH]nc(-c2ccccc2)n1C1CCN2CCCC2C1. The molecule has 110 valence electrons. The monoisotopic (exact) mass is 300 g/mol. The van der Waals surface area contributed by atoms with Crippen molar-refractivity contribution in [2.75, 3.05) is 13.1 Å². The second-order valence-corrected chi connectivity index (χ2v) is 6.49. The number of nitrogens with zero attached hydrogens (tertiary/aromatic N) is 3. The van der Waals surface area contributed by atoms with Gasteiger partial charge in [-0.2, -0.15) is 5.10 Å². The van der Waals surface area contributed by atoms with Crippen molar-refractivity contribution in [1.29, 1.82) is 0 Å². The normalized spacial score (nSPS) is 25.9. The number of nitrogens with one attached hydrogen (secondary N) is 1. The van der Waals surface area contributed by atoms with Crippen LogP contribution in [-0.2, 0) is 0 Å². The molecule has 1 aromatic heterocycles. The third-order valence-electron chi connectivity index (χ3n) is 4.89. The zero-order valence-corrected chi connectivity index (χ0v) is 12.9. The van der Waals surface area contributed by atoms with Crippen LogP contribution in [0.1, 0.15) is 31.7 Å². The minimum atomic E-state index is 0.478. The van der Waals surface area contributed by atoms with Gasteiger partial charge in [0.2, 0.25) is 0 Å². The summed E-state index contributed by atoms with van der Waals surface area (Å²) in [5.41, 5.74) is 1.14. The average Bonchev–Trinajstić information content (AvgIpc) is 3.13. The van der Waals surface area contributed by atoms with E-state index in [0.717, 1.165) is 22.2 Å². The van der Waals surface area contributed by atoms with Crippen LogP contribution in [0.4, 0.5) is 0 Å². The molecule has 2 fully saturated rings. The fourth-order valence-corrected chi connectivity index (χ4v) is 4.15. The maximum absolute atomic E-state index is 5.50. The Labute approximate surface area is 129 Å². The summed E-state index contributed by atoms with van der Waals surface area (Å²) in [4.78, 5) is 2.64. The number of fused-ring (bicyclic) bond motifs is 1. The Morgan fingerprint density at radius 1 is 1.10 bits per heavy atom. The van der Waals surface area contributed by atoms with Gasteiger partial charge in [-0.05, 0) is 44.4 Å². The zero-order chi connectivity index (χ0) is 14.2. The summed E-state index contributed by atoms with van der Waals surface area (Å²) in [7, 11) is 0. The van der Waals surface area contributed by atoms with E-state index in [1.165, 1.54) is 38.8 Å². The summed E-state index contributed by atoms with van der Waals surface area (Å²) >= 11 is 5.50. The van der Waals surface area contributed by atoms with E-state index in [0.29, 0.717) is 6.04 Å². The molecule has 0 spiro atoms.